The van der Waals surface area contributed by atoms with E-state index in [2.05, 4.69) is 33.3 Å². The normalized spacial score (nSPS) is 12.9. The zero-order valence-corrected chi connectivity index (χ0v) is 12.5. The van der Waals surface area contributed by atoms with Crippen LogP contribution in [0.1, 0.15) is 38.4 Å². The van der Waals surface area contributed by atoms with Crippen LogP contribution in [0.25, 0.3) is 0 Å². The highest BCUT2D eigenvalue weighted by Gasteiger charge is 2.17. The Balaban J connectivity index is 2.62. The van der Waals surface area contributed by atoms with Gasteiger partial charge < -0.3 is 10.1 Å². The lowest BCUT2D eigenvalue weighted by Gasteiger charge is -2.18. The molecule has 4 nitrogen and oxygen atoms in total. The van der Waals surface area contributed by atoms with Crippen LogP contribution in [0.2, 0.25) is 0 Å². The van der Waals surface area contributed by atoms with Crippen LogP contribution < -0.4 is 5.32 Å². The monoisotopic (exact) mass is 303 g/mol. The Morgan fingerprint density at radius 3 is 2.88 bits per heavy atom. The maximum absolute atomic E-state index is 5.37. The molecule has 1 aromatic rings. The topological polar surface area (TPSA) is 39.1 Å². The minimum Gasteiger partial charge on any atom is -0.382 e. The first kappa shape index (κ1) is 14.7. The van der Waals surface area contributed by atoms with Crippen molar-refractivity contribution in [1.82, 2.24) is 15.1 Å². The molecule has 5 heteroatoms. The van der Waals surface area contributed by atoms with E-state index in [1.165, 1.54) is 5.69 Å². The van der Waals surface area contributed by atoms with E-state index < -0.39 is 0 Å². The van der Waals surface area contributed by atoms with E-state index in [4.69, 9.17) is 4.74 Å². The van der Waals surface area contributed by atoms with E-state index in [9.17, 15) is 0 Å². The highest BCUT2D eigenvalue weighted by atomic mass is 79.9. The van der Waals surface area contributed by atoms with E-state index in [1.54, 1.807) is 0 Å². The molecule has 1 heterocycles. The third-order valence-electron chi connectivity index (χ3n) is 2.80. The lowest BCUT2D eigenvalue weighted by atomic mass is 10.1. The van der Waals surface area contributed by atoms with Gasteiger partial charge in [-0.25, -0.2) is 0 Å². The van der Waals surface area contributed by atoms with Crippen molar-refractivity contribution >= 4 is 15.9 Å². The molecule has 98 valence electrons. The first-order valence-electron chi connectivity index (χ1n) is 6.20. The van der Waals surface area contributed by atoms with Gasteiger partial charge in [0.1, 0.15) is 0 Å². The summed E-state index contributed by atoms with van der Waals surface area (Å²) < 4.78 is 8.48. The van der Waals surface area contributed by atoms with Gasteiger partial charge in [-0.2, -0.15) is 5.10 Å². The molecule has 1 atom stereocenters. The van der Waals surface area contributed by atoms with Gasteiger partial charge in [-0.15, -0.1) is 0 Å². The molecule has 0 amide bonds. The Bertz CT molecular complexity index is 328. The van der Waals surface area contributed by atoms with Crippen molar-refractivity contribution in [3.05, 3.63) is 16.4 Å². The van der Waals surface area contributed by atoms with Crippen molar-refractivity contribution in [3.63, 3.8) is 0 Å². The predicted octanol–water partition coefficient (Wildman–Crippen LogP) is 2.74. The lowest BCUT2D eigenvalue weighted by molar-refractivity contribution is 0.140. The third kappa shape index (κ3) is 4.08. The number of ether oxygens (including phenoxy) is 1. The smallest absolute Gasteiger partial charge is 0.0695 e. The number of rotatable bonds is 8. The van der Waals surface area contributed by atoms with E-state index in [1.807, 2.05) is 24.9 Å². The van der Waals surface area contributed by atoms with Gasteiger partial charge in [-0.3, -0.25) is 4.68 Å². The first-order valence-corrected chi connectivity index (χ1v) is 7.00. The van der Waals surface area contributed by atoms with E-state index in [-0.39, 0.29) is 0 Å². The predicted molar refractivity (Wildman–Crippen MR) is 73.1 cm³/mol. The van der Waals surface area contributed by atoms with Crippen LogP contribution in [0.15, 0.2) is 10.7 Å². The van der Waals surface area contributed by atoms with Gasteiger partial charge in [0.25, 0.3) is 0 Å². The molecule has 0 bridgehead atoms. The van der Waals surface area contributed by atoms with Crippen molar-refractivity contribution in [1.29, 1.82) is 0 Å². The van der Waals surface area contributed by atoms with Gasteiger partial charge in [0.05, 0.1) is 22.4 Å². The summed E-state index contributed by atoms with van der Waals surface area (Å²) in [6.45, 7) is 6.64. The number of hydrogen-bond acceptors (Lipinski definition) is 3. The van der Waals surface area contributed by atoms with Gasteiger partial charge in [-0.1, -0.05) is 0 Å². The molecule has 1 unspecified atom stereocenters. The summed E-state index contributed by atoms with van der Waals surface area (Å²) in [7, 11) is 1.99. The molecule has 17 heavy (non-hydrogen) atoms. The number of halogens is 1. The molecule has 1 aromatic heterocycles. The van der Waals surface area contributed by atoms with Crippen LogP contribution in [-0.4, -0.2) is 30.0 Å². The summed E-state index contributed by atoms with van der Waals surface area (Å²) in [4.78, 5) is 0. The highest BCUT2D eigenvalue weighted by molar-refractivity contribution is 9.10. The molecule has 0 aliphatic heterocycles. The molecule has 1 rings (SSSR count). The molecule has 0 fully saturated rings. The molecule has 0 spiro atoms. The summed E-state index contributed by atoms with van der Waals surface area (Å²) in [5, 5.41) is 7.70. The van der Waals surface area contributed by atoms with E-state index in [0.29, 0.717) is 6.04 Å². The summed E-state index contributed by atoms with van der Waals surface area (Å²) in [5.41, 5.74) is 1.23. The quantitative estimate of drug-likeness (QED) is 0.751. The van der Waals surface area contributed by atoms with E-state index in [0.717, 1.165) is 37.1 Å². The molecular weight excluding hydrogens is 282 g/mol. The van der Waals surface area contributed by atoms with Crippen LogP contribution in [0.4, 0.5) is 0 Å². The molecule has 0 aliphatic rings. The average Bonchev–Trinajstić information content (AvgIpc) is 2.71. The van der Waals surface area contributed by atoms with Crippen LogP contribution in [0, 0.1) is 0 Å². The summed E-state index contributed by atoms with van der Waals surface area (Å²) in [5.74, 6) is 0. The maximum atomic E-state index is 5.37. The Hall–Kier alpha value is -0.390. The molecule has 0 saturated heterocycles. The van der Waals surface area contributed by atoms with Gasteiger partial charge in [0, 0.05) is 19.8 Å². The largest absolute Gasteiger partial charge is 0.382 e. The zero-order valence-electron chi connectivity index (χ0n) is 10.9. The van der Waals surface area contributed by atoms with Gasteiger partial charge in [0.15, 0.2) is 0 Å². The van der Waals surface area contributed by atoms with Crippen LogP contribution in [-0.2, 0) is 11.3 Å². The summed E-state index contributed by atoms with van der Waals surface area (Å²) in [6, 6.07) is 0.326. The minimum atomic E-state index is 0.326. The van der Waals surface area contributed by atoms with Crippen LogP contribution in [0.3, 0.4) is 0 Å². The van der Waals surface area contributed by atoms with Gasteiger partial charge >= 0.3 is 0 Å². The zero-order chi connectivity index (χ0) is 12.7. The Labute approximate surface area is 112 Å². The second-order valence-corrected chi connectivity index (χ2v) is 4.73. The van der Waals surface area contributed by atoms with Crippen LogP contribution >= 0.6 is 15.9 Å². The number of nitrogens with zero attached hydrogens (tertiary/aromatic N) is 2. The van der Waals surface area contributed by atoms with Gasteiger partial charge in [0.2, 0.25) is 0 Å². The Morgan fingerprint density at radius 1 is 1.53 bits per heavy atom. The maximum Gasteiger partial charge on any atom is 0.0695 e. The number of hydrogen-bond donors (Lipinski definition) is 1. The minimum absolute atomic E-state index is 0.326. The number of aromatic nitrogens is 2. The van der Waals surface area contributed by atoms with Crippen molar-refractivity contribution in [2.75, 3.05) is 20.3 Å². The first-order chi connectivity index (χ1) is 8.24. The fourth-order valence-electron chi connectivity index (χ4n) is 1.92. The Kier molecular flexibility index (Phi) is 6.77. The average molecular weight is 304 g/mol. The van der Waals surface area contributed by atoms with Crippen molar-refractivity contribution in [3.8, 4) is 0 Å². The van der Waals surface area contributed by atoms with E-state index >= 15 is 0 Å². The molecular formula is C12H22BrN3O. The van der Waals surface area contributed by atoms with Crippen molar-refractivity contribution in [2.24, 2.45) is 0 Å². The molecule has 0 saturated carbocycles. The molecule has 0 radical (unpaired) electrons. The number of nitrogens with one attached hydrogen (secondary N) is 1. The lowest BCUT2D eigenvalue weighted by Crippen LogP contribution is -2.21. The van der Waals surface area contributed by atoms with Crippen molar-refractivity contribution in [2.45, 2.75) is 39.3 Å². The Morgan fingerprint density at radius 2 is 2.29 bits per heavy atom. The second kappa shape index (κ2) is 7.84. The highest BCUT2D eigenvalue weighted by Crippen LogP contribution is 2.26. The van der Waals surface area contributed by atoms with Crippen LogP contribution in [0.5, 0.6) is 0 Å². The SMILES string of the molecule is CCOCCCC(NC)c1c(Br)cnn1CC. The fourth-order valence-corrected chi connectivity index (χ4v) is 2.49. The molecule has 1 N–H and O–H groups in total. The second-order valence-electron chi connectivity index (χ2n) is 3.87. The summed E-state index contributed by atoms with van der Waals surface area (Å²) in [6.07, 6.45) is 3.98. The third-order valence-corrected chi connectivity index (χ3v) is 3.41. The standard InChI is InChI=1S/C12H22BrN3O/c1-4-16-12(10(13)9-15-16)11(14-3)7-6-8-17-5-2/h9,11,14H,4-8H2,1-3H3. The fraction of sp³-hybridized carbons (Fsp3) is 0.750. The molecule has 0 aromatic carbocycles. The van der Waals surface area contributed by atoms with Crippen molar-refractivity contribution < 1.29 is 4.74 Å². The molecule has 0 aliphatic carbocycles. The summed E-state index contributed by atoms with van der Waals surface area (Å²) >= 11 is 3.57. The van der Waals surface area contributed by atoms with Gasteiger partial charge in [-0.05, 0) is 49.7 Å². The number of aryl methyl sites for hydroxylation is 1.